The Hall–Kier alpha value is -1.39. The minimum absolute atomic E-state index is 0.0408. The van der Waals surface area contributed by atoms with Gasteiger partial charge in [-0.25, -0.2) is 0 Å². The zero-order valence-corrected chi connectivity index (χ0v) is 13.0. The van der Waals surface area contributed by atoms with Crippen LogP contribution in [-0.4, -0.2) is 25.4 Å². The van der Waals surface area contributed by atoms with Crippen molar-refractivity contribution in [3.05, 3.63) is 35.4 Å². The highest BCUT2D eigenvalue weighted by Crippen LogP contribution is 2.38. The molecule has 0 radical (unpaired) electrons. The Balaban J connectivity index is 1.45. The molecular formula is C18H25NO3. The summed E-state index contributed by atoms with van der Waals surface area (Å²) in [4.78, 5) is 11.1. The molecule has 22 heavy (non-hydrogen) atoms. The average Bonchev–Trinajstić information content (AvgIpc) is 3.07. The number of ether oxygens (including phenoxy) is 2. The minimum Gasteiger partial charge on any atom is -0.366 e. The third-order valence-electron chi connectivity index (χ3n) is 5.01. The first-order valence-corrected chi connectivity index (χ1v) is 8.35. The lowest BCUT2D eigenvalue weighted by Crippen LogP contribution is -2.16. The largest absolute Gasteiger partial charge is 0.366 e. The number of hydrogen-bond acceptors (Lipinski definition) is 3. The minimum atomic E-state index is -0.355. The molecule has 1 saturated carbocycles. The van der Waals surface area contributed by atoms with Crippen molar-refractivity contribution in [2.24, 2.45) is 11.7 Å². The summed E-state index contributed by atoms with van der Waals surface area (Å²) in [5.74, 6) is 1.07. The number of carbonyl (C=O) groups is 1. The van der Waals surface area contributed by atoms with E-state index in [0.717, 1.165) is 25.6 Å². The van der Waals surface area contributed by atoms with Gasteiger partial charge in [0.1, 0.15) is 0 Å². The van der Waals surface area contributed by atoms with Crippen LogP contribution in [0, 0.1) is 5.92 Å². The van der Waals surface area contributed by atoms with E-state index in [1.54, 1.807) is 0 Å². The molecule has 0 unspecified atom stereocenters. The molecule has 1 saturated heterocycles. The molecule has 2 N–H and O–H groups in total. The maximum atomic E-state index is 11.1. The summed E-state index contributed by atoms with van der Waals surface area (Å²) in [6.45, 7) is 1.50. The Bertz CT molecular complexity index is 486. The second-order valence-corrected chi connectivity index (χ2v) is 6.45. The van der Waals surface area contributed by atoms with E-state index in [2.05, 4.69) is 12.1 Å². The van der Waals surface area contributed by atoms with Crippen LogP contribution < -0.4 is 5.73 Å². The van der Waals surface area contributed by atoms with Crippen molar-refractivity contribution in [2.75, 3.05) is 13.2 Å². The molecule has 120 valence electrons. The number of rotatable bonds is 5. The standard InChI is InChI=1S/C18H25NO3/c19-18(20)16-8-6-15(7-9-16)14-4-1-13(2-5-14)3-10-17-21-11-12-22-17/h6-9,13-14,17H,1-5,10-12H2,(H2,19,20)/t13-,14-. The van der Waals surface area contributed by atoms with Crippen LogP contribution in [0.2, 0.25) is 0 Å². The summed E-state index contributed by atoms with van der Waals surface area (Å²) < 4.78 is 11.0. The van der Waals surface area contributed by atoms with Crippen molar-refractivity contribution in [1.82, 2.24) is 0 Å². The lowest BCUT2D eigenvalue weighted by atomic mass is 9.77. The summed E-state index contributed by atoms with van der Waals surface area (Å²) in [6, 6.07) is 7.81. The third-order valence-corrected chi connectivity index (χ3v) is 5.01. The molecule has 4 heteroatoms. The Morgan fingerprint density at radius 2 is 1.64 bits per heavy atom. The van der Waals surface area contributed by atoms with Crippen LogP contribution in [0.15, 0.2) is 24.3 Å². The van der Waals surface area contributed by atoms with Crippen LogP contribution in [-0.2, 0) is 9.47 Å². The average molecular weight is 303 g/mol. The second-order valence-electron chi connectivity index (χ2n) is 6.45. The van der Waals surface area contributed by atoms with Gasteiger partial charge >= 0.3 is 0 Å². The summed E-state index contributed by atoms with van der Waals surface area (Å²) in [6.07, 6.45) is 7.28. The van der Waals surface area contributed by atoms with Crippen molar-refractivity contribution in [3.8, 4) is 0 Å². The third kappa shape index (κ3) is 3.87. The monoisotopic (exact) mass is 303 g/mol. The van der Waals surface area contributed by atoms with Gasteiger partial charge in [-0.3, -0.25) is 4.79 Å². The summed E-state index contributed by atoms with van der Waals surface area (Å²) >= 11 is 0. The van der Waals surface area contributed by atoms with E-state index in [0.29, 0.717) is 11.5 Å². The number of nitrogens with two attached hydrogens (primary N) is 1. The van der Waals surface area contributed by atoms with Gasteiger partial charge in [-0.15, -0.1) is 0 Å². The molecule has 0 aromatic heterocycles. The van der Waals surface area contributed by atoms with E-state index in [4.69, 9.17) is 15.2 Å². The summed E-state index contributed by atoms with van der Waals surface area (Å²) in [7, 11) is 0. The lowest BCUT2D eigenvalue weighted by Gasteiger charge is -2.29. The number of benzene rings is 1. The normalized spacial score (nSPS) is 26.2. The van der Waals surface area contributed by atoms with Crippen molar-refractivity contribution >= 4 is 5.91 Å². The number of amides is 1. The zero-order valence-electron chi connectivity index (χ0n) is 13.0. The van der Waals surface area contributed by atoms with Gasteiger partial charge in [-0.2, -0.15) is 0 Å². The van der Waals surface area contributed by atoms with Gasteiger partial charge in [0.15, 0.2) is 6.29 Å². The first kappa shape index (κ1) is 15.5. The second kappa shape index (κ2) is 7.25. The molecule has 3 rings (SSSR count). The Morgan fingerprint density at radius 3 is 2.23 bits per heavy atom. The topological polar surface area (TPSA) is 61.6 Å². The van der Waals surface area contributed by atoms with Crippen molar-refractivity contribution < 1.29 is 14.3 Å². The molecule has 2 fully saturated rings. The molecule has 4 nitrogen and oxygen atoms in total. The Labute approximate surface area is 132 Å². The maximum absolute atomic E-state index is 11.1. The molecule has 2 aliphatic rings. The number of primary amides is 1. The number of hydrogen-bond donors (Lipinski definition) is 1. The molecule has 1 aromatic carbocycles. The predicted molar refractivity (Wildman–Crippen MR) is 84.6 cm³/mol. The number of carbonyl (C=O) groups excluding carboxylic acids is 1. The van der Waals surface area contributed by atoms with Crippen LogP contribution in [0.5, 0.6) is 0 Å². The van der Waals surface area contributed by atoms with Crippen molar-refractivity contribution in [1.29, 1.82) is 0 Å². The van der Waals surface area contributed by atoms with E-state index in [-0.39, 0.29) is 12.2 Å². The van der Waals surface area contributed by atoms with Gasteiger partial charge < -0.3 is 15.2 Å². The summed E-state index contributed by atoms with van der Waals surface area (Å²) in [5, 5.41) is 0. The molecule has 1 aliphatic carbocycles. The summed E-state index contributed by atoms with van der Waals surface area (Å²) in [5.41, 5.74) is 7.22. The van der Waals surface area contributed by atoms with Gasteiger partial charge in [-0.05, 0) is 68.1 Å². The fourth-order valence-electron chi connectivity index (χ4n) is 3.65. The van der Waals surface area contributed by atoms with Gasteiger partial charge in [0.05, 0.1) is 13.2 Å². The quantitative estimate of drug-likeness (QED) is 0.908. The molecule has 1 aliphatic heterocycles. The van der Waals surface area contributed by atoms with Gasteiger partial charge in [0, 0.05) is 5.56 Å². The van der Waals surface area contributed by atoms with Crippen LogP contribution in [0.25, 0.3) is 0 Å². The van der Waals surface area contributed by atoms with E-state index in [9.17, 15) is 4.79 Å². The lowest BCUT2D eigenvalue weighted by molar-refractivity contribution is -0.0509. The van der Waals surface area contributed by atoms with Gasteiger partial charge in [0.2, 0.25) is 5.91 Å². The van der Waals surface area contributed by atoms with Crippen LogP contribution in [0.3, 0.4) is 0 Å². The molecule has 1 amide bonds. The van der Waals surface area contributed by atoms with E-state index in [1.807, 2.05) is 12.1 Å². The fraction of sp³-hybridized carbons (Fsp3) is 0.611. The van der Waals surface area contributed by atoms with Gasteiger partial charge in [-0.1, -0.05) is 12.1 Å². The van der Waals surface area contributed by atoms with Crippen LogP contribution in [0.4, 0.5) is 0 Å². The molecule has 0 bridgehead atoms. The highest BCUT2D eigenvalue weighted by Gasteiger charge is 2.24. The molecule has 1 aromatic rings. The molecule has 0 atom stereocenters. The van der Waals surface area contributed by atoms with E-state index < -0.39 is 0 Å². The Morgan fingerprint density at radius 1 is 1.00 bits per heavy atom. The van der Waals surface area contributed by atoms with Crippen LogP contribution >= 0.6 is 0 Å². The first-order chi connectivity index (χ1) is 10.7. The van der Waals surface area contributed by atoms with Crippen LogP contribution in [0.1, 0.15) is 60.4 Å². The molecule has 1 heterocycles. The molecular weight excluding hydrogens is 278 g/mol. The highest BCUT2D eigenvalue weighted by molar-refractivity contribution is 5.92. The zero-order chi connectivity index (χ0) is 15.4. The van der Waals surface area contributed by atoms with E-state index >= 15 is 0 Å². The maximum Gasteiger partial charge on any atom is 0.248 e. The molecule has 0 spiro atoms. The Kier molecular flexibility index (Phi) is 5.11. The van der Waals surface area contributed by atoms with E-state index in [1.165, 1.54) is 37.7 Å². The predicted octanol–water partition coefficient (Wildman–Crippen LogP) is 3.21. The highest BCUT2D eigenvalue weighted by atomic mass is 16.7. The smallest absolute Gasteiger partial charge is 0.248 e. The SMILES string of the molecule is NC(=O)c1ccc([C@H]2CC[C@H](CCC3OCCO3)CC2)cc1. The van der Waals surface area contributed by atoms with Crippen molar-refractivity contribution in [3.63, 3.8) is 0 Å². The van der Waals surface area contributed by atoms with Gasteiger partial charge in [0.25, 0.3) is 0 Å². The first-order valence-electron chi connectivity index (χ1n) is 8.35. The fourth-order valence-corrected chi connectivity index (χ4v) is 3.65. The van der Waals surface area contributed by atoms with Crippen molar-refractivity contribution in [2.45, 2.75) is 50.7 Å².